The van der Waals surface area contributed by atoms with E-state index in [1.807, 2.05) is 24.3 Å². The fourth-order valence-electron chi connectivity index (χ4n) is 5.57. The van der Waals surface area contributed by atoms with Crippen LogP contribution < -0.4 is 0 Å². The van der Waals surface area contributed by atoms with Gasteiger partial charge in [0, 0.05) is 43.7 Å². The second-order valence-corrected chi connectivity index (χ2v) is 10.6. The maximum Gasteiger partial charge on any atom is 0.0938 e. The summed E-state index contributed by atoms with van der Waals surface area (Å²) in [6.07, 6.45) is 2.59. The van der Waals surface area contributed by atoms with Crippen molar-refractivity contribution in [1.82, 2.24) is 9.80 Å². The van der Waals surface area contributed by atoms with Crippen molar-refractivity contribution in [1.29, 1.82) is 0 Å². The number of aliphatic hydroxyl groups is 1. The summed E-state index contributed by atoms with van der Waals surface area (Å²) in [6, 6.07) is 22.8. The minimum absolute atomic E-state index is 0.126. The van der Waals surface area contributed by atoms with Crippen LogP contribution in [0.4, 0.5) is 0 Å². The fourth-order valence-corrected chi connectivity index (χ4v) is 5.69. The number of hydrogen-bond donors (Lipinski definition) is 1. The van der Waals surface area contributed by atoms with Crippen molar-refractivity contribution in [3.63, 3.8) is 0 Å². The summed E-state index contributed by atoms with van der Waals surface area (Å²) in [5, 5.41) is 15.3. The molecule has 34 heavy (non-hydrogen) atoms. The summed E-state index contributed by atoms with van der Waals surface area (Å²) in [7, 11) is 2.18. The van der Waals surface area contributed by atoms with Gasteiger partial charge in [-0.15, -0.1) is 0 Å². The highest BCUT2D eigenvalue weighted by Crippen LogP contribution is 2.44. The molecule has 1 aliphatic heterocycles. The number of halogens is 1. The van der Waals surface area contributed by atoms with Crippen molar-refractivity contribution >= 4 is 22.4 Å². The highest BCUT2D eigenvalue weighted by molar-refractivity contribution is 6.30. The van der Waals surface area contributed by atoms with Crippen molar-refractivity contribution in [3.05, 3.63) is 82.9 Å². The topological polar surface area (TPSA) is 35.9 Å². The van der Waals surface area contributed by atoms with Crippen molar-refractivity contribution < 1.29 is 9.84 Å². The number of fused-ring (bicyclic) bond motifs is 1. The lowest BCUT2D eigenvalue weighted by Gasteiger charge is -2.46. The summed E-state index contributed by atoms with van der Waals surface area (Å²) in [5.74, 6) is 0.126. The molecule has 1 saturated carbocycles. The van der Waals surface area contributed by atoms with Gasteiger partial charge in [0.05, 0.1) is 18.3 Å². The van der Waals surface area contributed by atoms with E-state index >= 15 is 0 Å². The van der Waals surface area contributed by atoms with Crippen LogP contribution in [0.5, 0.6) is 0 Å². The Balaban J connectivity index is 1.35. The zero-order valence-corrected chi connectivity index (χ0v) is 20.8. The van der Waals surface area contributed by atoms with Gasteiger partial charge in [-0.05, 0) is 66.4 Å². The van der Waals surface area contributed by atoms with Gasteiger partial charge in [-0.2, -0.15) is 0 Å². The Hall–Kier alpha value is -1.95. The monoisotopic (exact) mass is 478 g/mol. The molecule has 1 saturated heterocycles. The normalized spacial score (nSPS) is 26.7. The van der Waals surface area contributed by atoms with Crippen LogP contribution in [-0.2, 0) is 16.9 Å². The number of nitrogens with zero attached hydrogens (tertiary/aromatic N) is 2. The van der Waals surface area contributed by atoms with Gasteiger partial charge < -0.3 is 19.6 Å². The van der Waals surface area contributed by atoms with Crippen LogP contribution in [0.3, 0.4) is 0 Å². The molecule has 180 valence electrons. The SMILES string of the molecule is CN1CCN(CC2CC(OCc3ccc(Cl)cc3)CCC2(O)c2ccc3ccccc3c2)CC1. The number of rotatable bonds is 6. The van der Waals surface area contributed by atoms with Crippen LogP contribution in [0, 0.1) is 5.92 Å². The molecule has 3 aromatic rings. The van der Waals surface area contributed by atoms with Crippen molar-refractivity contribution in [2.75, 3.05) is 39.8 Å². The Morgan fingerprint density at radius 1 is 0.971 bits per heavy atom. The molecule has 2 aliphatic rings. The predicted molar refractivity (Wildman–Crippen MR) is 139 cm³/mol. The van der Waals surface area contributed by atoms with Crippen LogP contribution in [0.2, 0.25) is 5.02 Å². The van der Waals surface area contributed by atoms with Gasteiger partial charge in [-0.1, -0.05) is 60.1 Å². The first-order valence-electron chi connectivity index (χ1n) is 12.5. The van der Waals surface area contributed by atoms with Crippen LogP contribution in [0.15, 0.2) is 66.7 Å². The molecule has 2 fully saturated rings. The number of ether oxygens (including phenoxy) is 1. The first kappa shape index (κ1) is 23.8. The lowest BCUT2D eigenvalue weighted by Crippen LogP contribution is -2.52. The summed E-state index contributed by atoms with van der Waals surface area (Å²) in [6.45, 7) is 5.75. The van der Waals surface area contributed by atoms with E-state index in [9.17, 15) is 5.11 Å². The third-order valence-corrected chi connectivity index (χ3v) is 8.05. The zero-order chi connectivity index (χ0) is 23.5. The van der Waals surface area contributed by atoms with Crippen LogP contribution >= 0.6 is 11.6 Å². The molecule has 1 aliphatic carbocycles. The van der Waals surface area contributed by atoms with E-state index in [0.29, 0.717) is 6.61 Å². The van der Waals surface area contributed by atoms with Crippen LogP contribution in [-0.4, -0.2) is 60.8 Å². The average molecular weight is 479 g/mol. The molecule has 0 bridgehead atoms. The standard InChI is InChI=1S/C29H35ClN2O2/c1-31-14-16-32(17-15-31)20-26-19-28(34-21-22-6-10-27(30)11-7-22)12-13-29(26,33)25-9-8-23-4-2-3-5-24(23)18-25/h2-11,18,26,28,33H,12-17,19-21H2,1H3. The molecular weight excluding hydrogens is 444 g/mol. The van der Waals surface area contributed by atoms with E-state index < -0.39 is 5.60 Å². The lowest BCUT2D eigenvalue weighted by atomic mass is 9.70. The van der Waals surface area contributed by atoms with E-state index in [1.165, 1.54) is 10.8 Å². The highest BCUT2D eigenvalue weighted by atomic mass is 35.5. The van der Waals surface area contributed by atoms with Gasteiger partial charge in [0.15, 0.2) is 0 Å². The Bertz CT molecular complexity index is 1100. The molecule has 0 spiro atoms. The van der Waals surface area contributed by atoms with Crippen LogP contribution in [0.25, 0.3) is 10.8 Å². The molecule has 4 nitrogen and oxygen atoms in total. The molecule has 3 aromatic carbocycles. The summed E-state index contributed by atoms with van der Waals surface area (Å²) in [5.41, 5.74) is 1.34. The zero-order valence-electron chi connectivity index (χ0n) is 20.0. The van der Waals surface area contributed by atoms with Gasteiger partial charge >= 0.3 is 0 Å². The second-order valence-electron chi connectivity index (χ2n) is 10.1. The molecule has 0 radical (unpaired) electrons. The molecule has 3 unspecified atom stereocenters. The maximum absolute atomic E-state index is 12.2. The van der Waals surface area contributed by atoms with E-state index in [2.05, 4.69) is 59.3 Å². The van der Waals surface area contributed by atoms with E-state index in [4.69, 9.17) is 16.3 Å². The average Bonchev–Trinajstić information content (AvgIpc) is 2.86. The third kappa shape index (κ3) is 5.32. The summed E-state index contributed by atoms with van der Waals surface area (Å²) in [4.78, 5) is 4.91. The quantitative estimate of drug-likeness (QED) is 0.520. The number of benzene rings is 3. The van der Waals surface area contributed by atoms with Gasteiger partial charge in [-0.3, -0.25) is 0 Å². The molecule has 0 amide bonds. The Labute approximate surface area is 208 Å². The van der Waals surface area contributed by atoms with E-state index in [1.54, 1.807) is 0 Å². The Morgan fingerprint density at radius 2 is 1.71 bits per heavy atom. The van der Waals surface area contributed by atoms with Crippen molar-refractivity contribution in [2.45, 2.75) is 37.6 Å². The molecule has 1 N–H and O–H groups in total. The second kappa shape index (κ2) is 10.3. The number of hydrogen-bond acceptors (Lipinski definition) is 4. The largest absolute Gasteiger partial charge is 0.385 e. The Kier molecular flexibility index (Phi) is 7.24. The molecule has 0 aromatic heterocycles. The predicted octanol–water partition coefficient (Wildman–Crippen LogP) is 5.31. The van der Waals surface area contributed by atoms with Gasteiger partial charge in [0.25, 0.3) is 0 Å². The lowest BCUT2D eigenvalue weighted by molar-refractivity contribution is -0.114. The van der Waals surface area contributed by atoms with Crippen LogP contribution in [0.1, 0.15) is 30.4 Å². The Morgan fingerprint density at radius 3 is 2.47 bits per heavy atom. The number of piperazine rings is 1. The summed E-state index contributed by atoms with van der Waals surface area (Å²) < 4.78 is 6.36. The third-order valence-electron chi connectivity index (χ3n) is 7.79. The molecular formula is C29H35ClN2O2. The summed E-state index contributed by atoms with van der Waals surface area (Å²) >= 11 is 6.03. The fraction of sp³-hybridized carbons (Fsp3) is 0.448. The highest BCUT2D eigenvalue weighted by Gasteiger charge is 2.44. The van der Waals surface area contributed by atoms with E-state index in [-0.39, 0.29) is 12.0 Å². The molecule has 3 atom stereocenters. The number of likely N-dealkylation sites (N-methyl/N-ethyl adjacent to an activating group) is 1. The minimum Gasteiger partial charge on any atom is -0.385 e. The van der Waals surface area contributed by atoms with E-state index in [0.717, 1.165) is 68.1 Å². The van der Waals surface area contributed by atoms with Crippen molar-refractivity contribution in [2.24, 2.45) is 5.92 Å². The molecule has 5 heteroatoms. The first-order valence-corrected chi connectivity index (χ1v) is 12.9. The smallest absolute Gasteiger partial charge is 0.0938 e. The van der Waals surface area contributed by atoms with Gasteiger partial charge in [0.1, 0.15) is 0 Å². The molecule has 5 rings (SSSR count). The van der Waals surface area contributed by atoms with Gasteiger partial charge in [0.2, 0.25) is 0 Å². The minimum atomic E-state index is -0.840. The van der Waals surface area contributed by atoms with Gasteiger partial charge in [-0.25, -0.2) is 0 Å². The van der Waals surface area contributed by atoms with Crippen molar-refractivity contribution in [3.8, 4) is 0 Å². The first-order chi connectivity index (χ1) is 16.5. The maximum atomic E-state index is 12.2. The molecule has 1 heterocycles.